The number of aliphatic hydroxyl groups is 1. The Kier molecular flexibility index (Phi) is 5.59. The summed E-state index contributed by atoms with van der Waals surface area (Å²) in [6.45, 7) is 8.67. The third-order valence-electron chi connectivity index (χ3n) is 4.30. The SMILES string of the molecule is CN(C)C1CCN(C(CO)C(N)C(C)(C)C)CC1. The summed E-state index contributed by atoms with van der Waals surface area (Å²) >= 11 is 0. The Morgan fingerprint density at radius 2 is 1.78 bits per heavy atom. The van der Waals surface area contributed by atoms with Crippen molar-refractivity contribution in [3.05, 3.63) is 0 Å². The summed E-state index contributed by atoms with van der Waals surface area (Å²) in [4.78, 5) is 4.67. The van der Waals surface area contributed by atoms with Gasteiger partial charge in [0, 0.05) is 31.2 Å². The molecule has 0 bridgehead atoms. The molecule has 0 aromatic rings. The molecule has 0 saturated carbocycles. The molecule has 108 valence electrons. The second-order valence-electron chi connectivity index (χ2n) is 6.87. The van der Waals surface area contributed by atoms with Gasteiger partial charge in [0.2, 0.25) is 0 Å². The first-order valence-electron chi connectivity index (χ1n) is 7.04. The molecular weight excluding hydrogens is 226 g/mol. The molecule has 0 aromatic carbocycles. The molecule has 1 saturated heterocycles. The van der Waals surface area contributed by atoms with Crippen molar-refractivity contribution in [3.63, 3.8) is 0 Å². The zero-order valence-electron chi connectivity index (χ0n) is 12.7. The molecule has 2 unspecified atom stereocenters. The van der Waals surface area contributed by atoms with Crippen LogP contribution in [-0.2, 0) is 0 Å². The zero-order valence-corrected chi connectivity index (χ0v) is 12.7. The van der Waals surface area contributed by atoms with Crippen molar-refractivity contribution in [2.45, 2.75) is 51.7 Å². The van der Waals surface area contributed by atoms with E-state index in [2.05, 4.69) is 44.7 Å². The highest BCUT2D eigenvalue weighted by molar-refractivity contribution is 4.92. The summed E-state index contributed by atoms with van der Waals surface area (Å²) < 4.78 is 0. The molecular formula is C14H31N3O. The van der Waals surface area contributed by atoms with Gasteiger partial charge >= 0.3 is 0 Å². The number of likely N-dealkylation sites (tertiary alicyclic amines) is 1. The Balaban J connectivity index is 2.58. The number of piperidine rings is 1. The van der Waals surface area contributed by atoms with Crippen molar-refractivity contribution in [1.29, 1.82) is 0 Å². The fraction of sp³-hybridized carbons (Fsp3) is 1.00. The number of aliphatic hydroxyl groups excluding tert-OH is 1. The lowest BCUT2D eigenvalue weighted by Crippen LogP contribution is -2.58. The van der Waals surface area contributed by atoms with E-state index in [0.717, 1.165) is 13.1 Å². The summed E-state index contributed by atoms with van der Waals surface area (Å²) in [5.74, 6) is 0. The molecule has 1 aliphatic heterocycles. The zero-order chi connectivity index (χ0) is 13.9. The van der Waals surface area contributed by atoms with Crippen molar-refractivity contribution < 1.29 is 5.11 Å². The van der Waals surface area contributed by atoms with Gasteiger partial charge in [-0.1, -0.05) is 20.8 Å². The predicted molar refractivity (Wildman–Crippen MR) is 76.6 cm³/mol. The predicted octanol–water partition coefficient (Wildman–Crippen LogP) is 0.747. The van der Waals surface area contributed by atoms with Gasteiger partial charge in [-0.05, 0) is 32.4 Å². The molecule has 18 heavy (non-hydrogen) atoms. The van der Waals surface area contributed by atoms with E-state index >= 15 is 0 Å². The van der Waals surface area contributed by atoms with Gasteiger partial charge in [-0.15, -0.1) is 0 Å². The van der Waals surface area contributed by atoms with Crippen LogP contribution in [0, 0.1) is 5.41 Å². The van der Waals surface area contributed by atoms with Crippen LogP contribution in [0.2, 0.25) is 0 Å². The van der Waals surface area contributed by atoms with E-state index in [4.69, 9.17) is 5.73 Å². The van der Waals surface area contributed by atoms with E-state index in [9.17, 15) is 5.11 Å². The molecule has 4 nitrogen and oxygen atoms in total. The topological polar surface area (TPSA) is 52.7 Å². The lowest BCUT2D eigenvalue weighted by Gasteiger charge is -2.44. The Morgan fingerprint density at radius 1 is 1.28 bits per heavy atom. The third-order valence-corrected chi connectivity index (χ3v) is 4.30. The molecule has 1 fully saturated rings. The minimum atomic E-state index is 0.0124. The van der Waals surface area contributed by atoms with Gasteiger partial charge in [0.25, 0.3) is 0 Å². The maximum Gasteiger partial charge on any atom is 0.0602 e. The monoisotopic (exact) mass is 257 g/mol. The lowest BCUT2D eigenvalue weighted by molar-refractivity contribution is 0.0394. The van der Waals surface area contributed by atoms with Gasteiger partial charge in [0.1, 0.15) is 0 Å². The number of nitrogens with zero attached hydrogens (tertiary/aromatic N) is 2. The summed E-state index contributed by atoms with van der Waals surface area (Å²) in [5.41, 5.74) is 6.35. The van der Waals surface area contributed by atoms with E-state index in [0.29, 0.717) is 6.04 Å². The molecule has 0 aliphatic carbocycles. The van der Waals surface area contributed by atoms with E-state index in [1.807, 2.05) is 0 Å². The van der Waals surface area contributed by atoms with E-state index in [1.165, 1.54) is 12.8 Å². The van der Waals surface area contributed by atoms with E-state index in [1.54, 1.807) is 0 Å². The van der Waals surface area contributed by atoms with Crippen molar-refractivity contribution in [3.8, 4) is 0 Å². The van der Waals surface area contributed by atoms with E-state index in [-0.39, 0.29) is 24.1 Å². The van der Waals surface area contributed by atoms with Gasteiger partial charge in [-0.2, -0.15) is 0 Å². The molecule has 2 atom stereocenters. The highest BCUT2D eigenvalue weighted by atomic mass is 16.3. The van der Waals surface area contributed by atoms with Crippen LogP contribution < -0.4 is 5.73 Å². The summed E-state index contributed by atoms with van der Waals surface area (Å²) in [7, 11) is 4.29. The molecule has 0 aromatic heterocycles. The fourth-order valence-electron chi connectivity index (χ4n) is 2.77. The average Bonchev–Trinajstić information content (AvgIpc) is 2.29. The number of rotatable bonds is 4. The van der Waals surface area contributed by atoms with Gasteiger partial charge in [0.05, 0.1) is 6.61 Å². The van der Waals surface area contributed by atoms with Crippen molar-refractivity contribution >= 4 is 0 Å². The number of hydrogen-bond acceptors (Lipinski definition) is 4. The second kappa shape index (κ2) is 6.33. The average molecular weight is 257 g/mol. The maximum atomic E-state index is 9.66. The smallest absolute Gasteiger partial charge is 0.0602 e. The third kappa shape index (κ3) is 3.92. The fourth-order valence-corrected chi connectivity index (χ4v) is 2.77. The van der Waals surface area contributed by atoms with Crippen LogP contribution in [0.3, 0.4) is 0 Å². The van der Waals surface area contributed by atoms with Crippen LogP contribution in [0.4, 0.5) is 0 Å². The van der Waals surface area contributed by atoms with Crippen LogP contribution in [0.5, 0.6) is 0 Å². The maximum absolute atomic E-state index is 9.66. The van der Waals surface area contributed by atoms with Crippen molar-refractivity contribution in [2.24, 2.45) is 11.1 Å². The quantitative estimate of drug-likeness (QED) is 0.780. The number of hydrogen-bond donors (Lipinski definition) is 2. The van der Waals surface area contributed by atoms with Crippen LogP contribution in [-0.4, -0.2) is 66.8 Å². The van der Waals surface area contributed by atoms with Gasteiger partial charge in [-0.3, -0.25) is 4.90 Å². The molecule has 0 amide bonds. The normalized spacial score (nSPS) is 23.3. The highest BCUT2D eigenvalue weighted by Crippen LogP contribution is 2.25. The van der Waals surface area contributed by atoms with Crippen LogP contribution in [0.25, 0.3) is 0 Å². The second-order valence-corrected chi connectivity index (χ2v) is 6.87. The van der Waals surface area contributed by atoms with Gasteiger partial charge in [-0.25, -0.2) is 0 Å². The Bertz CT molecular complexity index is 242. The van der Waals surface area contributed by atoms with E-state index < -0.39 is 0 Å². The Hall–Kier alpha value is -0.160. The first-order chi connectivity index (χ1) is 8.27. The molecule has 3 N–H and O–H groups in total. The van der Waals surface area contributed by atoms with Crippen LogP contribution in [0.1, 0.15) is 33.6 Å². The number of nitrogens with two attached hydrogens (primary N) is 1. The van der Waals surface area contributed by atoms with Crippen LogP contribution >= 0.6 is 0 Å². The largest absolute Gasteiger partial charge is 0.395 e. The highest BCUT2D eigenvalue weighted by Gasteiger charge is 2.34. The molecule has 4 heteroatoms. The lowest BCUT2D eigenvalue weighted by atomic mass is 9.82. The molecule has 0 spiro atoms. The molecule has 1 rings (SSSR count). The Labute approximate surface area is 112 Å². The Morgan fingerprint density at radius 3 is 2.11 bits per heavy atom. The first-order valence-corrected chi connectivity index (χ1v) is 7.04. The summed E-state index contributed by atoms with van der Waals surface area (Å²) in [5, 5.41) is 9.66. The molecule has 1 aliphatic rings. The first kappa shape index (κ1) is 15.9. The summed E-state index contributed by atoms with van der Waals surface area (Å²) in [6.07, 6.45) is 2.33. The minimum Gasteiger partial charge on any atom is -0.395 e. The van der Waals surface area contributed by atoms with Crippen molar-refractivity contribution in [2.75, 3.05) is 33.8 Å². The standard InChI is InChI=1S/C14H31N3O/c1-14(2,3)13(15)12(10-18)17-8-6-11(7-9-17)16(4)5/h11-13,18H,6-10,15H2,1-5H3. The molecule has 1 heterocycles. The summed E-state index contributed by atoms with van der Waals surface area (Å²) in [6, 6.07) is 0.776. The molecule has 0 radical (unpaired) electrons. The van der Waals surface area contributed by atoms with Gasteiger partial charge in [0.15, 0.2) is 0 Å². The minimum absolute atomic E-state index is 0.0124. The van der Waals surface area contributed by atoms with Crippen molar-refractivity contribution in [1.82, 2.24) is 9.80 Å². The van der Waals surface area contributed by atoms with Crippen LogP contribution in [0.15, 0.2) is 0 Å². The van der Waals surface area contributed by atoms with Gasteiger partial charge < -0.3 is 15.7 Å².